The molecule has 0 aliphatic rings. The first-order chi connectivity index (χ1) is 8.08. The molecule has 0 saturated heterocycles. The molecule has 2 N–H and O–H groups in total. The van der Waals surface area contributed by atoms with E-state index in [1.54, 1.807) is 13.8 Å². The highest BCUT2D eigenvalue weighted by atomic mass is 16.3. The number of nitriles is 1. The van der Waals surface area contributed by atoms with Crippen molar-refractivity contribution in [3.8, 4) is 6.07 Å². The second kappa shape index (κ2) is 4.58. The van der Waals surface area contributed by atoms with Gasteiger partial charge in [-0.15, -0.1) is 0 Å². The van der Waals surface area contributed by atoms with E-state index in [0.29, 0.717) is 11.4 Å². The zero-order valence-corrected chi connectivity index (χ0v) is 11.9. The molecule has 0 bridgehead atoms. The van der Waals surface area contributed by atoms with Gasteiger partial charge in [-0.25, -0.2) is 4.98 Å². The molecule has 0 aliphatic carbocycles. The van der Waals surface area contributed by atoms with Gasteiger partial charge < -0.3 is 10.4 Å². The van der Waals surface area contributed by atoms with E-state index in [-0.39, 0.29) is 0 Å². The molecule has 0 radical (unpaired) electrons. The first-order valence-corrected chi connectivity index (χ1v) is 5.97. The molecule has 0 fully saturated rings. The Labute approximate surface area is 109 Å². The first-order valence-electron chi connectivity index (χ1n) is 5.97. The van der Waals surface area contributed by atoms with Crippen LogP contribution >= 0.6 is 0 Å². The molecule has 0 aliphatic heterocycles. The van der Waals surface area contributed by atoms with Crippen LogP contribution in [0.4, 0.5) is 5.82 Å². The van der Waals surface area contributed by atoms with Crippen molar-refractivity contribution < 1.29 is 5.11 Å². The van der Waals surface area contributed by atoms with Gasteiger partial charge >= 0.3 is 0 Å². The SMILES string of the molecule is Cc1cc(C)c(C#N)c(NC(C)(C)C(C)(C)O)n1. The molecule has 1 aromatic rings. The monoisotopic (exact) mass is 247 g/mol. The molecule has 0 aromatic carbocycles. The minimum Gasteiger partial charge on any atom is -0.388 e. The second-order valence-corrected chi connectivity index (χ2v) is 5.72. The highest BCUT2D eigenvalue weighted by molar-refractivity contribution is 5.57. The van der Waals surface area contributed by atoms with Gasteiger partial charge in [-0.1, -0.05) is 0 Å². The molecule has 0 amide bonds. The molecule has 1 aromatic heterocycles. The highest BCUT2D eigenvalue weighted by Gasteiger charge is 2.35. The van der Waals surface area contributed by atoms with Crippen molar-refractivity contribution in [1.82, 2.24) is 4.98 Å². The van der Waals surface area contributed by atoms with E-state index in [9.17, 15) is 10.4 Å². The molecular weight excluding hydrogens is 226 g/mol. The number of anilines is 1. The summed E-state index contributed by atoms with van der Waals surface area (Å²) in [5.74, 6) is 0.530. The van der Waals surface area contributed by atoms with E-state index < -0.39 is 11.1 Å². The van der Waals surface area contributed by atoms with E-state index >= 15 is 0 Å². The number of aryl methyl sites for hydroxylation is 2. The van der Waals surface area contributed by atoms with Crippen molar-refractivity contribution >= 4 is 5.82 Å². The third kappa shape index (κ3) is 2.80. The summed E-state index contributed by atoms with van der Waals surface area (Å²) in [6, 6.07) is 4.03. The summed E-state index contributed by atoms with van der Waals surface area (Å²) in [4.78, 5) is 4.36. The van der Waals surface area contributed by atoms with E-state index in [2.05, 4.69) is 16.4 Å². The number of aliphatic hydroxyl groups is 1. The van der Waals surface area contributed by atoms with Crippen molar-refractivity contribution in [3.63, 3.8) is 0 Å². The molecule has 18 heavy (non-hydrogen) atoms. The number of nitrogens with one attached hydrogen (secondary N) is 1. The van der Waals surface area contributed by atoms with Gasteiger partial charge in [-0.2, -0.15) is 5.26 Å². The largest absolute Gasteiger partial charge is 0.388 e. The quantitative estimate of drug-likeness (QED) is 0.861. The van der Waals surface area contributed by atoms with Crippen LogP contribution in [0.5, 0.6) is 0 Å². The summed E-state index contributed by atoms with van der Waals surface area (Å²) in [6.45, 7) is 11.0. The Hall–Kier alpha value is -1.60. The molecule has 4 heteroatoms. The lowest BCUT2D eigenvalue weighted by atomic mass is 9.86. The van der Waals surface area contributed by atoms with Gasteiger partial charge in [0.1, 0.15) is 11.9 Å². The smallest absolute Gasteiger partial charge is 0.144 e. The van der Waals surface area contributed by atoms with Crippen molar-refractivity contribution in [2.75, 3.05) is 5.32 Å². The number of nitrogens with zero attached hydrogens (tertiary/aromatic N) is 2. The van der Waals surface area contributed by atoms with Crippen molar-refractivity contribution in [1.29, 1.82) is 5.26 Å². The fourth-order valence-electron chi connectivity index (χ4n) is 1.52. The molecule has 1 rings (SSSR count). The van der Waals surface area contributed by atoms with E-state index in [1.807, 2.05) is 33.8 Å². The van der Waals surface area contributed by atoms with Gasteiger partial charge in [0, 0.05) is 5.69 Å². The lowest BCUT2D eigenvalue weighted by Gasteiger charge is -2.38. The standard InChI is InChI=1S/C14H21N3O/c1-9-7-10(2)16-12(11(9)8-15)17-13(3,4)14(5,6)18/h7,18H,1-6H3,(H,16,17). The van der Waals surface area contributed by atoms with Crippen LogP contribution in [0.25, 0.3) is 0 Å². The normalized spacial score (nSPS) is 12.1. The fourth-order valence-corrected chi connectivity index (χ4v) is 1.52. The number of aromatic nitrogens is 1. The summed E-state index contributed by atoms with van der Waals surface area (Å²) in [7, 11) is 0. The number of rotatable bonds is 3. The molecule has 1 heterocycles. The number of hydrogen-bond acceptors (Lipinski definition) is 4. The van der Waals surface area contributed by atoms with Crippen LogP contribution in [0, 0.1) is 25.2 Å². The van der Waals surface area contributed by atoms with Crippen molar-refractivity contribution in [2.45, 2.75) is 52.7 Å². The predicted octanol–water partition coefficient (Wildman–Crippen LogP) is 2.53. The maximum Gasteiger partial charge on any atom is 0.144 e. The summed E-state index contributed by atoms with van der Waals surface area (Å²) in [5.41, 5.74) is 0.739. The average molecular weight is 247 g/mol. The van der Waals surface area contributed by atoms with Crippen LogP contribution in [0.2, 0.25) is 0 Å². The minimum absolute atomic E-state index is 0.526. The molecular formula is C14H21N3O. The lowest BCUT2D eigenvalue weighted by Crippen LogP contribution is -2.51. The highest BCUT2D eigenvalue weighted by Crippen LogP contribution is 2.27. The Morgan fingerprint density at radius 2 is 1.83 bits per heavy atom. The Morgan fingerprint density at radius 3 is 2.28 bits per heavy atom. The molecule has 0 atom stereocenters. The van der Waals surface area contributed by atoms with Gasteiger partial charge in [-0.05, 0) is 53.2 Å². The van der Waals surface area contributed by atoms with Crippen LogP contribution in [0.3, 0.4) is 0 Å². The van der Waals surface area contributed by atoms with Crippen LogP contribution in [0.1, 0.15) is 44.5 Å². The summed E-state index contributed by atoms with van der Waals surface area (Å²) in [6.07, 6.45) is 0. The minimum atomic E-state index is -0.931. The Kier molecular flexibility index (Phi) is 3.68. The predicted molar refractivity (Wildman–Crippen MR) is 72.4 cm³/mol. The van der Waals surface area contributed by atoms with E-state index in [4.69, 9.17) is 0 Å². The van der Waals surface area contributed by atoms with Crippen LogP contribution in [0.15, 0.2) is 6.07 Å². The average Bonchev–Trinajstić information content (AvgIpc) is 2.14. The Morgan fingerprint density at radius 1 is 1.28 bits per heavy atom. The Bertz CT molecular complexity index is 493. The fraction of sp³-hybridized carbons (Fsp3) is 0.571. The zero-order chi connectivity index (χ0) is 14.1. The van der Waals surface area contributed by atoms with Crippen molar-refractivity contribution in [3.05, 3.63) is 22.9 Å². The number of pyridine rings is 1. The van der Waals surface area contributed by atoms with E-state index in [0.717, 1.165) is 11.3 Å². The van der Waals surface area contributed by atoms with Gasteiger partial charge in [0.25, 0.3) is 0 Å². The molecule has 4 nitrogen and oxygen atoms in total. The lowest BCUT2D eigenvalue weighted by molar-refractivity contribution is 0.0238. The van der Waals surface area contributed by atoms with Gasteiger partial charge in [0.15, 0.2) is 0 Å². The second-order valence-electron chi connectivity index (χ2n) is 5.72. The number of hydrogen-bond donors (Lipinski definition) is 2. The zero-order valence-electron chi connectivity index (χ0n) is 11.9. The summed E-state index contributed by atoms with van der Waals surface area (Å²) in [5, 5.41) is 22.5. The summed E-state index contributed by atoms with van der Waals surface area (Å²) < 4.78 is 0. The van der Waals surface area contributed by atoms with Crippen LogP contribution in [-0.2, 0) is 0 Å². The van der Waals surface area contributed by atoms with Gasteiger partial charge in [0.2, 0.25) is 0 Å². The summed E-state index contributed by atoms with van der Waals surface area (Å²) >= 11 is 0. The third-order valence-electron chi connectivity index (χ3n) is 3.42. The van der Waals surface area contributed by atoms with Gasteiger partial charge in [-0.3, -0.25) is 0 Å². The van der Waals surface area contributed by atoms with Gasteiger partial charge in [0.05, 0.1) is 16.7 Å². The first kappa shape index (κ1) is 14.5. The third-order valence-corrected chi connectivity index (χ3v) is 3.42. The van der Waals surface area contributed by atoms with E-state index in [1.165, 1.54) is 0 Å². The Balaban J connectivity index is 3.24. The molecule has 0 saturated carbocycles. The molecule has 98 valence electrons. The molecule has 0 unspecified atom stereocenters. The maximum absolute atomic E-state index is 10.1. The van der Waals surface area contributed by atoms with Crippen LogP contribution < -0.4 is 5.32 Å². The van der Waals surface area contributed by atoms with Crippen LogP contribution in [-0.4, -0.2) is 21.2 Å². The maximum atomic E-state index is 10.1. The van der Waals surface area contributed by atoms with Crippen molar-refractivity contribution in [2.24, 2.45) is 0 Å². The molecule has 0 spiro atoms. The topological polar surface area (TPSA) is 68.9 Å².